The number of rotatable bonds is 3. The third-order valence-electron chi connectivity index (χ3n) is 2.35. The topological polar surface area (TPSA) is 30.5 Å². The van der Waals surface area contributed by atoms with Crippen LogP contribution < -0.4 is 10.1 Å². The number of ether oxygens (including phenoxy) is 2. The van der Waals surface area contributed by atoms with Gasteiger partial charge < -0.3 is 14.8 Å². The minimum Gasteiger partial charge on any atom is -0.490 e. The molecule has 0 amide bonds. The Morgan fingerprint density at radius 3 is 3.06 bits per heavy atom. The maximum Gasteiger partial charge on any atom is 0.139 e. The zero-order chi connectivity index (χ0) is 11.4. The summed E-state index contributed by atoms with van der Waals surface area (Å²) < 4.78 is 10.9. The van der Waals surface area contributed by atoms with Crippen molar-refractivity contribution in [2.24, 2.45) is 0 Å². The number of hydrogen-bond donors (Lipinski definition) is 1. The number of halogens is 2. The smallest absolute Gasteiger partial charge is 0.139 e. The van der Waals surface area contributed by atoms with Crippen LogP contribution in [-0.2, 0) is 4.74 Å². The molecule has 1 aliphatic heterocycles. The highest BCUT2D eigenvalue weighted by atomic mass is 35.5. The minimum absolute atomic E-state index is 0.212. The van der Waals surface area contributed by atoms with Crippen LogP contribution in [0, 0.1) is 0 Å². The molecule has 0 saturated carbocycles. The summed E-state index contributed by atoms with van der Waals surface area (Å²) in [7, 11) is 0. The maximum atomic E-state index is 6.00. The molecule has 3 nitrogen and oxygen atoms in total. The fourth-order valence-corrected chi connectivity index (χ4v) is 1.86. The summed E-state index contributed by atoms with van der Waals surface area (Å²) >= 11 is 11.9. The first-order chi connectivity index (χ1) is 7.77. The van der Waals surface area contributed by atoms with Crippen molar-refractivity contribution in [1.82, 2.24) is 5.32 Å². The van der Waals surface area contributed by atoms with E-state index in [1.165, 1.54) is 0 Å². The van der Waals surface area contributed by atoms with Gasteiger partial charge in [-0.2, -0.15) is 0 Å². The molecule has 1 aromatic rings. The van der Waals surface area contributed by atoms with Gasteiger partial charge in [0.05, 0.1) is 24.3 Å². The fraction of sp³-hybridized carbons (Fsp3) is 0.455. The average Bonchev–Trinajstić information content (AvgIpc) is 2.32. The van der Waals surface area contributed by atoms with E-state index in [0.29, 0.717) is 29.0 Å². The Balaban J connectivity index is 1.91. The molecule has 0 aromatic heterocycles. The first-order valence-corrected chi connectivity index (χ1v) is 5.91. The number of benzene rings is 1. The Labute approximate surface area is 105 Å². The molecule has 1 fully saturated rings. The van der Waals surface area contributed by atoms with Crippen LogP contribution in [0.5, 0.6) is 5.75 Å². The molecular formula is C11H13Cl2NO2. The lowest BCUT2D eigenvalue weighted by Crippen LogP contribution is -2.44. The van der Waals surface area contributed by atoms with Gasteiger partial charge in [0, 0.05) is 6.54 Å². The second-order valence-electron chi connectivity index (χ2n) is 3.59. The second-order valence-corrected chi connectivity index (χ2v) is 4.37. The van der Waals surface area contributed by atoms with Gasteiger partial charge in [0.1, 0.15) is 17.4 Å². The van der Waals surface area contributed by atoms with Crippen LogP contribution in [0.3, 0.4) is 0 Å². The number of nitrogens with one attached hydrogen (secondary N) is 1. The lowest BCUT2D eigenvalue weighted by molar-refractivity contribution is 0.0593. The van der Waals surface area contributed by atoms with Crippen molar-refractivity contribution >= 4 is 23.2 Å². The van der Waals surface area contributed by atoms with Gasteiger partial charge in [-0.05, 0) is 12.1 Å². The molecule has 1 unspecified atom stereocenters. The summed E-state index contributed by atoms with van der Waals surface area (Å²) in [5.41, 5.74) is 0. The summed E-state index contributed by atoms with van der Waals surface area (Å²) in [4.78, 5) is 0. The standard InChI is InChI=1S/C11H13Cl2NO2/c12-9-2-1-3-10(11(9)13)16-7-8-6-15-5-4-14-8/h1-3,8,14H,4-7H2. The molecule has 1 saturated heterocycles. The summed E-state index contributed by atoms with van der Waals surface area (Å²) in [6.45, 7) is 2.81. The van der Waals surface area contributed by atoms with Gasteiger partial charge in [-0.25, -0.2) is 0 Å². The third kappa shape index (κ3) is 3.01. The Morgan fingerprint density at radius 1 is 1.44 bits per heavy atom. The molecular weight excluding hydrogens is 249 g/mol. The van der Waals surface area contributed by atoms with Crippen LogP contribution in [0.4, 0.5) is 0 Å². The molecule has 1 aliphatic rings. The third-order valence-corrected chi connectivity index (χ3v) is 3.16. The molecule has 0 spiro atoms. The second kappa shape index (κ2) is 5.73. The van der Waals surface area contributed by atoms with E-state index in [1.807, 2.05) is 6.07 Å². The molecule has 1 heterocycles. The van der Waals surface area contributed by atoms with Gasteiger partial charge in [-0.1, -0.05) is 29.3 Å². The predicted octanol–water partition coefficient (Wildman–Crippen LogP) is 2.36. The average molecular weight is 262 g/mol. The Morgan fingerprint density at radius 2 is 2.31 bits per heavy atom. The van der Waals surface area contributed by atoms with Crippen molar-refractivity contribution in [2.75, 3.05) is 26.4 Å². The number of morpholine rings is 1. The molecule has 88 valence electrons. The largest absolute Gasteiger partial charge is 0.490 e. The van der Waals surface area contributed by atoms with Crippen molar-refractivity contribution in [1.29, 1.82) is 0 Å². The van der Waals surface area contributed by atoms with E-state index in [2.05, 4.69) is 5.32 Å². The molecule has 0 bridgehead atoms. The Bertz CT molecular complexity index is 354. The van der Waals surface area contributed by atoms with Crippen molar-refractivity contribution in [2.45, 2.75) is 6.04 Å². The van der Waals surface area contributed by atoms with E-state index in [9.17, 15) is 0 Å². The molecule has 0 radical (unpaired) electrons. The fourth-order valence-electron chi connectivity index (χ4n) is 1.51. The maximum absolute atomic E-state index is 6.00. The summed E-state index contributed by atoms with van der Waals surface area (Å²) in [6.07, 6.45) is 0. The van der Waals surface area contributed by atoms with Gasteiger partial charge in [-0.3, -0.25) is 0 Å². The molecule has 1 atom stereocenters. The van der Waals surface area contributed by atoms with E-state index >= 15 is 0 Å². The zero-order valence-electron chi connectivity index (χ0n) is 8.71. The normalized spacial score (nSPS) is 20.8. The van der Waals surface area contributed by atoms with E-state index in [-0.39, 0.29) is 6.04 Å². The van der Waals surface area contributed by atoms with Crippen LogP contribution in [0.15, 0.2) is 18.2 Å². The highest BCUT2D eigenvalue weighted by molar-refractivity contribution is 6.42. The first kappa shape index (κ1) is 12.0. The molecule has 2 rings (SSSR count). The van der Waals surface area contributed by atoms with Crippen molar-refractivity contribution in [3.63, 3.8) is 0 Å². The highest BCUT2D eigenvalue weighted by Crippen LogP contribution is 2.31. The quantitative estimate of drug-likeness (QED) is 0.907. The van der Waals surface area contributed by atoms with Gasteiger partial charge >= 0.3 is 0 Å². The highest BCUT2D eigenvalue weighted by Gasteiger charge is 2.14. The van der Waals surface area contributed by atoms with Crippen LogP contribution in [-0.4, -0.2) is 32.4 Å². The molecule has 0 aliphatic carbocycles. The van der Waals surface area contributed by atoms with Gasteiger partial charge in [0.15, 0.2) is 0 Å². The van der Waals surface area contributed by atoms with Crippen LogP contribution in [0.25, 0.3) is 0 Å². The van der Waals surface area contributed by atoms with Gasteiger partial charge in [0.25, 0.3) is 0 Å². The monoisotopic (exact) mass is 261 g/mol. The SMILES string of the molecule is Clc1cccc(OCC2COCCN2)c1Cl. The zero-order valence-corrected chi connectivity index (χ0v) is 10.2. The Hall–Kier alpha value is -0.480. The lowest BCUT2D eigenvalue weighted by atomic mass is 10.3. The summed E-state index contributed by atoms with van der Waals surface area (Å²) in [6, 6.07) is 5.56. The molecule has 16 heavy (non-hydrogen) atoms. The van der Waals surface area contributed by atoms with Crippen molar-refractivity contribution in [3.8, 4) is 5.75 Å². The van der Waals surface area contributed by atoms with E-state index in [0.717, 1.165) is 13.2 Å². The van der Waals surface area contributed by atoms with Gasteiger partial charge in [0.2, 0.25) is 0 Å². The van der Waals surface area contributed by atoms with Crippen LogP contribution in [0.1, 0.15) is 0 Å². The minimum atomic E-state index is 0.212. The van der Waals surface area contributed by atoms with E-state index in [4.69, 9.17) is 32.7 Å². The molecule has 5 heteroatoms. The van der Waals surface area contributed by atoms with Crippen LogP contribution >= 0.6 is 23.2 Å². The first-order valence-electron chi connectivity index (χ1n) is 5.15. The summed E-state index contributed by atoms with van der Waals surface area (Å²) in [5.74, 6) is 0.613. The van der Waals surface area contributed by atoms with Crippen molar-refractivity contribution < 1.29 is 9.47 Å². The molecule has 1 aromatic carbocycles. The summed E-state index contributed by atoms with van der Waals surface area (Å²) in [5, 5.41) is 4.26. The Kier molecular flexibility index (Phi) is 4.29. The molecule has 1 N–H and O–H groups in total. The predicted molar refractivity (Wildman–Crippen MR) is 64.6 cm³/mol. The van der Waals surface area contributed by atoms with E-state index in [1.54, 1.807) is 12.1 Å². The van der Waals surface area contributed by atoms with Crippen LogP contribution in [0.2, 0.25) is 10.0 Å². The lowest BCUT2D eigenvalue weighted by Gasteiger charge is -2.24. The number of hydrogen-bond acceptors (Lipinski definition) is 3. The van der Waals surface area contributed by atoms with E-state index < -0.39 is 0 Å². The van der Waals surface area contributed by atoms with Gasteiger partial charge in [-0.15, -0.1) is 0 Å². The van der Waals surface area contributed by atoms with Crippen molar-refractivity contribution in [3.05, 3.63) is 28.2 Å².